The number of likely N-dealkylation sites (tertiary alicyclic amines) is 1. The lowest BCUT2D eigenvalue weighted by Crippen LogP contribution is -2.50. The topological polar surface area (TPSA) is 27.0 Å². The molecule has 0 amide bonds. The first-order valence-electron chi connectivity index (χ1n) is 6.84. The Bertz CT molecular complexity index is 412. The summed E-state index contributed by atoms with van der Waals surface area (Å²) in [4.78, 5) is 2.36. The van der Waals surface area contributed by atoms with Crippen LogP contribution in [0.25, 0.3) is 0 Å². The van der Waals surface area contributed by atoms with Crippen molar-refractivity contribution in [1.82, 2.24) is 4.90 Å². The molecular weight excluding hydrogens is 220 g/mol. The zero-order valence-corrected chi connectivity index (χ0v) is 11.4. The van der Waals surface area contributed by atoms with E-state index in [9.17, 15) is 5.26 Å². The molecule has 1 saturated heterocycles. The van der Waals surface area contributed by atoms with E-state index in [1.807, 2.05) is 18.2 Å². The minimum Gasteiger partial charge on any atom is -0.285 e. The van der Waals surface area contributed by atoms with Crippen molar-refractivity contribution in [3.63, 3.8) is 0 Å². The van der Waals surface area contributed by atoms with E-state index in [1.165, 1.54) is 18.4 Å². The summed E-state index contributed by atoms with van der Waals surface area (Å²) in [6.45, 7) is 6.49. The molecule has 0 aliphatic carbocycles. The third kappa shape index (κ3) is 2.91. The maximum Gasteiger partial charge on any atom is 0.110 e. The van der Waals surface area contributed by atoms with E-state index in [0.717, 1.165) is 25.4 Å². The van der Waals surface area contributed by atoms with Crippen LogP contribution >= 0.6 is 0 Å². The van der Waals surface area contributed by atoms with Crippen molar-refractivity contribution in [2.24, 2.45) is 5.92 Å². The number of nitrogens with zero attached hydrogens (tertiary/aromatic N) is 2. The van der Waals surface area contributed by atoms with Gasteiger partial charge in [-0.05, 0) is 44.3 Å². The summed E-state index contributed by atoms with van der Waals surface area (Å²) in [6.07, 6.45) is 3.25. The van der Waals surface area contributed by atoms with Gasteiger partial charge in [0.1, 0.15) is 5.54 Å². The van der Waals surface area contributed by atoms with Gasteiger partial charge in [0, 0.05) is 6.42 Å². The molecule has 1 aliphatic heterocycles. The second-order valence-electron chi connectivity index (χ2n) is 5.72. The summed E-state index contributed by atoms with van der Waals surface area (Å²) in [7, 11) is 0. The fraction of sp³-hybridized carbons (Fsp3) is 0.562. The zero-order chi connectivity index (χ0) is 13.0. The van der Waals surface area contributed by atoms with Crippen molar-refractivity contribution >= 4 is 0 Å². The molecule has 0 spiro atoms. The predicted octanol–water partition coefficient (Wildman–Crippen LogP) is 3.24. The third-order valence-corrected chi connectivity index (χ3v) is 4.11. The summed E-state index contributed by atoms with van der Waals surface area (Å²) in [5.74, 6) is 0.806. The Kier molecular flexibility index (Phi) is 4.04. The van der Waals surface area contributed by atoms with E-state index in [2.05, 4.69) is 36.9 Å². The molecule has 2 nitrogen and oxygen atoms in total. The van der Waals surface area contributed by atoms with Crippen molar-refractivity contribution in [2.45, 2.75) is 38.6 Å². The fourth-order valence-corrected chi connectivity index (χ4v) is 2.72. The van der Waals surface area contributed by atoms with Crippen LogP contribution in [0.5, 0.6) is 0 Å². The lowest BCUT2D eigenvalue weighted by Gasteiger charge is -2.40. The zero-order valence-electron chi connectivity index (χ0n) is 11.4. The first kappa shape index (κ1) is 13.1. The Morgan fingerprint density at radius 3 is 2.44 bits per heavy atom. The maximum atomic E-state index is 9.57. The molecule has 1 atom stereocenters. The van der Waals surface area contributed by atoms with Crippen LogP contribution in [0.4, 0.5) is 0 Å². The normalized spacial score (nSPS) is 21.2. The highest BCUT2D eigenvalue weighted by Gasteiger charge is 2.33. The average Bonchev–Trinajstić information content (AvgIpc) is 2.40. The number of hydrogen-bond donors (Lipinski definition) is 0. The molecule has 0 radical (unpaired) electrons. The Morgan fingerprint density at radius 1 is 1.28 bits per heavy atom. The van der Waals surface area contributed by atoms with Gasteiger partial charge in [-0.15, -0.1) is 0 Å². The average molecular weight is 242 g/mol. The minimum absolute atomic E-state index is 0.360. The molecule has 2 rings (SSSR count). The Balaban J connectivity index is 2.09. The van der Waals surface area contributed by atoms with Gasteiger partial charge in [0.05, 0.1) is 6.07 Å². The van der Waals surface area contributed by atoms with Crippen molar-refractivity contribution in [3.8, 4) is 6.07 Å². The molecule has 1 unspecified atom stereocenters. The second kappa shape index (κ2) is 5.54. The van der Waals surface area contributed by atoms with Gasteiger partial charge < -0.3 is 0 Å². The predicted molar refractivity (Wildman–Crippen MR) is 74.1 cm³/mol. The number of hydrogen-bond acceptors (Lipinski definition) is 2. The molecule has 1 heterocycles. The molecule has 18 heavy (non-hydrogen) atoms. The summed E-state index contributed by atoms with van der Waals surface area (Å²) in [5, 5.41) is 9.57. The molecular formula is C16H22N2. The highest BCUT2D eigenvalue weighted by molar-refractivity contribution is 5.21. The molecule has 0 bridgehead atoms. The first-order chi connectivity index (χ1) is 8.64. The second-order valence-corrected chi connectivity index (χ2v) is 5.72. The van der Waals surface area contributed by atoms with Crippen LogP contribution in [0.1, 0.15) is 32.3 Å². The number of rotatable bonds is 3. The van der Waals surface area contributed by atoms with Crippen molar-refractivity contribution < 1.29 is 0 Å². The lowest BCUT2D eigenvalue weighted by molar-refractivity contribution is 0.103. The highest BCUT2D eigenvalue weighted by atomic mass is 15.2. The van der Waals surface area contributed by atoms with E-state index in [4.69, 9.17) is 0 Å². The summed E-state index contributed by atoms with van der Waals surface area (Å²) in [6, 6.07) is 12.9. The van der Waals surface area contributed by atoms with Gasteiger partial charge in [-0.25, -0.2) is 0 Å². The van der Waals surface area contributed by atoms with E-state index >= 15 is 0 Å². The van der Waals surface area contributed by atoms with Crippen LogP contribution in [0, 0.1) is 17.2 Å². The van der Waals surface area contributed by atoms with E-state index in [0.29, 0.717) is 0 Å². The van der Waals surface area contributed by atoms with Crippen molar-refractivity contribution in [2.75, 3.05) is 13.1 Å². The summed E-state index contributed by atoms with van der Waals surface area (Å²) < 4.78 is 0. The lowest BCUT2D eigenvalue weighted by atomic mass is 9.88. The van der Waals surface area contributed by atoms with E-state index in [-0.39, 0.29) is 5.54 Å². The van der Waals surface area contributed by atoms with Crippen LogP contribution in [0.3, 0.4) is 0 Å². The standard InChI is InChI=1S/C16H22N2/c1-14-8-10-18(11-9-14)16(2,13-17)12-15-6-4-3-5-7-15/h3-7,14H,8-12H2,1-2H3. The fourth-order valence-electron chi connectivity index (χ4n) is 2.72. The van der Waals surface area contributed by atoms with E-state index < -0.39 is 0 Å². The smallest absolute Gasteiger partial charge is 0.110 e. The van der Waals surface area contributed by atoms with Gasteiger partial charge in [0.25, 0.3) is 0 Å². The number of nitriles is 1. The molecule has 1 aromatic carbocycles. The van der Waals surface area contributed by atoms with Gasteiger partial charge in [-0.3, -0.25) is 4.90 Å². The van der Waals surface area contributed by atoms with Crippen molar-refractivity contribution in [3.05, 3.63) is 35.9 Å². The Hall–Kier alpha value is -1.33. The molecule has 0 aromatic heterocycles. The molecule has 2 heteroatoms. The largest absolute Gasteiger partial charge is 0.285 e. The van der Waals surface area contributed by atoms with Crippen molar-refractivity contribution in [1.29, 1.82) is 5.26 Å². The maximum absolute atomic E-state index is 9.57. The van der Waals surface area contributed by atoms with Gasteiger partial charge in [0.15, 0.2) is 0 Å². The van der Waals surface area contributed by atoms with Crippen LogP contribution < -0.4 is 0 Å². The van der Waals surface area contributed by atoms with Gasteiger partial charge in [-0.1, -0.05) is 37.3 Å². The quantitative estimate of drug-likeness (QED) is 0.813. The molecule has 1 aliphatic rings. The first-order valence-corrected chi connectivity index (χ1v) is 6.84. The van der Waals surface area contributed by atoms with Gasteiger partial charge >= 0.3 is 0 Å². The third-order valence-electron chi connectivity index (χ3n) is 4.11. The van der Waals surface area contributed by atoms with Crippen LogP contribution in [0.2, 0.25) is 0 Å². The molecule has 1 fully saturated rings. The summed E-state index contributed by atoms with van der Waals surface area (Å²) in [5.41, 5.74) is 0.891. The Labute approximate surface area is 110 Å². The summed E-state index contributed by atoms with van der Waals surface area (Å²) >= 11 is 0. The van der Waals surface area contributed by atoms with E-state index in [1.54, 1.807) is 0 Å². The van der Waals surface area contributed by atoms with Crippen LogP contribution in [-0.4, -0.2) is 23.5 Å². The van der Waals surface area contributed by atoms with Gasteiger partial charge in [-0.2, -0.15) is 5.26 Å². The number of piperidine rings is 1. The molecule has 0 saturated carbocycles. The molecule has 0 N–H and O–H groups in total. The van der Waals surface area contributed by atoms with Crippen LogP contribution in [0.15, 0.2) is 30.3 Å². The van der Waals surface area contributed by atoms with Crippen LogP contribution in [-0.2, 0) is 6.42 Å². The molecule has 1 aromatic rings. The van der Waals surface area contributed by atoms with Gasteiger partial charge in [0.2, 0.25) is 0 Å². The highest BCUT2D eigenvalue weighted by Crippen LogP contribution is 2.26. The number of benzene rings is 1. The molecule has 96 valence electrons. The SMILES string of the molecule is CC1CCN(C(C)(C#N)Cc2ccccc2)CC1. The monoisotopic (exact) mass is 242 g/mol. The Morgan fingerprint density at radius 2 is 1.89 bits per heavy atom. The minimum atomic E-state index is -0.360.